The largest absolute Gasteiger partial charge is 0.202 e. The molecule has 0 bridgehead atoms. The highest BCUT2D eigenvalue weighted by Gasteiger charge is 2.18. The van der Waals surface area contributed by atoms with Gasteiger partial charge in [0.2, 0.25) is 0 Å². The number of unbranched alkanes of at least 4 members (excludes halogenated alkanes) is 5. The number of hydrogen-bond donors (Lipinski definition) is 0. The van der Waals surface area contributed by atoms with E-state index in [-0.39, 0.29) is 0 Å². The lowest BCUT2D eigenvalue weighted by atomic mass is 9.99. The molecular weight excluding hydrogens is 340 g/mol. The lowest BCUT2D eigenvalue weighted by Crippen LogP contribution is -2.38. The summed E-state index contributed by atoms with van der Waals surface area (Å²) in [5.41, 5.74) is 0. The highest BCUT2D eigenvalue weighted by atomic mass is 15.0. The van der Waals surface area contributed by atoms with E-state index in [0.717, 1.165) is 0 Å². The van der Waals surface area contributed by atoms with Crippen LogP contribution in [0.1, 0.15) is 103 Å². The minimum Gasteiger partial charge on any atom is -0.202 e. The Morgan fingerprint density at radius 2 is 0.821 bits per heavy atom. The lowest BCUT2D eigenvalue weighted by molar-refractivity contribution is -0.725. The van der Waals surface area contributed by atoms with Gasteiger partial charge in [-0.1, -0.05) is 51.7 Å². The van der Waals surface area contributed by atoms with Gasteiger partial charge in [0.1, 0.15) is 0 Å². The predicted octanol–water partition coefficient (Wildman–Crippen LogP) is 6.77. The van der Waals surface area contributed by atoms with E-state index in [2.05, 4.69) is 84.2 Å². The molecule has 2 heteroatoms. The first-order chi connectivity index (χ1) is 13.8. The van der Waals surface area contributed by atoms with Crippen molar-refractivity contribution in [3.8, 4) is 0 Å². The highest BCUT2D eigenvalue weighted by molar-refractivity contribution is 4.85. The normalized spacial score (nSPS) is 13.4. The standard InChI is InChI=1S/C26H42N2/c1-3-5-17-25(27-21-13-9-14-22-27)19-11-7-8-12-20-26(18-6-4-2)28-23-15-10-16-24-28/h9-10,13-16,21-26H,3-8,11-12,17-20H2,1-2H3/q+2. The van der Waals surface area contributed by atoms with E-state index in [1.54, 1.807) is 0 Å². The van der Waals surface area contributed by atoms with Crippen molar-refractivity contribution in [2.45, 2.75) is 103 Å². The topological polar surface area (TPSA) is 7.76 Å². The van der Waals surface area contributed by atoms with Crippen LogP contribution < -0.4 is 9.13 Å². The molecule has 0 spiro atoms. The van der Waals surface area contributed by atoms with Crippen LogP contribution in [0.3, 0.4) is 0 Å². The summed E-state index contributed by atoms with van der Waals surface area (Å²) in [6.45, 7) is 4.60. The maximum atomic E-state index is 2.43. The fourth-order valence-electron chi connectivity index (χ4n) is 4.19. The van der Waals surface area contributed by atoms with Crippen molar-refractivity contribution in [2.75, 3.05) is 0 Å². The van der Waals surface area contributed by atoms with Crippen molar-refractivity contribution in [3.05, 3.63) is 61.2 Å². The van der Waals surface area contributed by atoms with Crippen LogP contribution in [0.4, 0.5) is 0 Å². The molecule has 2 heterocycles. The average molecular weight is 383 g/mol. The lowest BCUT2D eigenvalue weighted by Gasteiger charge is -2.13. The molecule has 0 saturated carbocycles. The van der Waals surface area contributed by atoms with Crippen molar-refractivity contribution >= 4 is 0 Å². The minimum absolute atomic E-state index is 0.679. The van der Waals surface area contributed by atoms with Crippen LogP contribution in [-0.4, -0.2) is 0 Å². The molecule has 0 N–H and O–H groups in total. The summed E-state index contributed by atoms with van der Waals surface area (Å²) in [4.78, 5) is 0. The SMILES string of the molecule is CCCCC(CCCCCCC(CCCC)[n+]1ccccc1)[n+]1ccccc1. The summed E-state index contributed by atoms with van der Waals surface area (Å²) >= 11 is 0. The summed E-state index contributed by atoms with van der Waals surface area (Å²) in [5.74, 6) is 0. The Labute approximate surface area is 173 Å². The quantitative estimate of drug-likeness (QED) is 0.237. The van der Waals surface area contributed by atoms with E-state index in [9.17, 15) is 0 Å². The molecule has 2 nitrogen and oxygen atoms in total. The molecule has 0 radical (unpaired) electrons. The summed E-state index contributed by atoms with van der Waals surface area (Å²) in [7, 11) is 0. The Morgan fingerprint density at radius 1 is 0.464 bits per heavy atom. The molecule has 0 aromatic carbocycles. The van der Waals surface area contributed by atoms with Gasteiger partial charge in [0.25, 0.3) is 0 Å². The fourth-order valence-corrected chi connectivity index (χ4v) is 4.19. The molecule has 0 amide bonds. The van der Waals surface area contributed by atoms with Crippen LogP contribution in [0, 0.1) is 0 Å². The Morgan fingerprint density at radius 3 is 1.18 bits per heavy atom. The van der Waals surface area contributed by atoms with Gasteiger partial charge < -0.3 is 0 Å². The van der Waals surface area contributed by atoms with Gasteiger partial charge in [-0.05, 0) is 25.7 Å². The molecule has 0 fully saturated rings. The first kappa shape index (κ1) is 22.6. The van der Waals surface area contributed by atoms with Crippen LogP contribution in [-0.2, 0) is 0 Å². The van der Waals surface area contributed by atoms with Crippen molar-refractivity contribution in [1.82, 2.24) is 0 Å². The molecule has 0 saturated heterocycles. The third-order valence-electron chi connectivity index (χ3n) is 5.93. The Bertz CT molecular complexity index is 541. The van der Waals surface area contributed by atoms with E-state index in [1.165, 1.54) is 77.0 Å². The second-order valence-corrected chi connectivity index (χ2v) is 8.23. The van der Waals surface area contributed by atoms with E-state index >= 15 is 0 Å². The fraction of sp³-hybridized carbons (Fsp3) is 0.615. The predicted molar refractivity (Wildman–Crippen MR) is 118 cm³/mol. The number of hydrogen-bond acceptors (Lipinski definition) is 0. The molecule has 2 unspecified atom stereocenters. The number of aromatic nitrogens is 2. The smallest absolute Gasteiger partial charge is 0.169 e. The third kappa shape index (κ3) is 8.54. The van der Waals surface area contributed by atoms with Gasteiger partial charge in [-0.15, -0.1) is 0 Å². The van der Waals surface area contributed by atoms with Crippen LogP contribution >= 0.6 is 0 Å². The second kappa shape index (κ2) is 14.3. The maximum Gasteiger partial charge on any atom is 0.169 e. The third-order valence-corrected chi connectivity index (χ3v) is 5.93. The van der Waals surface area contributed by atoms with Crippen LogP contribution in [0.25, 0.3) is 0 Å². The summed E-state index contributed by atoms with van der Waals surface area (Å²) in [6, 6.07) is 14.2. The molecular formula is C26H42N2+2. The van der Waals surface area contributed by atoms with Crippen molar-refractivity contribution in [3.63, 3.8) is 0 Å². The van der Waals surface area contributed by atoms with Gasteiger partial charge in [0, 0.05) is 49.9 Å². The first-order valence-electron chi connectivity index (χ1n) is 11.8. The van der Waals surface area contributed by atoms with Gasteiger partial charge in [-0.25, -0.2) is 9.13 Å². The van der Waals surface area contributed by atoms with Crippen LogP contribution in [0.5, 0.6) is 0 Å². The van der Waals surface area contributed by atoms with Crippen LogP contribution in [0.2, 0.25) is 0 Å². The van der Waals surface area contributed by atoms with E-state index < -0.39 is 0 Å². The molecule has 2 atom stereocenters. The number of rotatable bonds is 15. The summed E-state index contributed by atoms with van der Waals surface area (Å²) < 4.78 is 4.87. The number of nitrogens with zero attached hydrogens (tertiary/aromatic N) is 2. The van der Waals surface area contributed by atoms with E-state index in [4.69, 9.17) is 0 Å². The molecule has 0 aliphatic carbocycles. The Kier molecular flexibility index (Phi) is 11.6. The Hall–Kier alpha value is -1.70. The molecule has 2 aromatic rings. The Balaban J connectivity index is 1.71. The zero-order chi connectivity index (χ0) is 19.9. The second-order valence-electron chi connectivity index (χ2n) is 8.23. The molecule has 28 heavy (non-hydrogen) atoms. The van der Waals surface area contributed by atoms with Gasteiger partial charge in [-0.2, -0.15) is 0 Å². The molecule has 2 rings (SSSR count). The van der Waals surface area contributed by atoms with Crippen molar-refractivity contribution < 1.29 is 9.13 Å². The van der Waals surface area contributed by atoms with Gasteiger partial charge in [0.05, 0.1) is 0 Å². The monoisotopic (exact) mass is 382 g/mol. The maximum absolute atomic E-state index is 2.43. The minimum atomic E-state index is 0.679. The van der Waals surface area contributed by atoms with Crippen LogP contribution in [0.15, 0.2) is 61.2 Å². The van der Waals surface area contributed by atoms with Gasteiger partial charge >= 0.3 is 0 Å². The van der Waals surface area contributed by atoms with Crippen molar-refractivity contribution in [1.29, 1.82) is 0 Å². The van der Waals surface area contributed by atoms with E-state index in [1.807, 2.05) is 0 Å². The average Bonchev–Trinajstić information content (AvgIpc) is 2.76. The van der Waals surface area contributed by atoms with E-state index in [0.29, 0.717) is 12.1 Å². The highest BCUT2D eigenvalue weighted by Crippen LogP contribution is 2.20. The summed E-state index contributed by atoms with van der Waals surface area (Å²) in [6.07, 6.45) is 25.0. The molecule has 0 aliphatic heterocycles. The van der Waals surface area contributed by atoms with Crippen molar-refractivity contribution in [2.24, 2.45) is 0 Å². The molecule has 2 aromatic heterocycles. The van der Waals surface area contributed by atoms with Gasteiger partial charge in [-0.3, -0.25) is 0 Å². The first-order valence-corrected chi connectivity index (χ1v) is 11.8. The number of pyridine rings is 2. The van der Waals surface area contributed by atoms with Gasteiger partial charge in [0.15, 0.2) is 36.9 Å². The molecule has 0 aliphatic rings. The summed E-state index contributed by atoms with van der Waals surface area (Å²) in [5, 5.41) is 0. The zero-order valence-electron chi connectivity index (χ0n) is 18.3. The zero-order valence-corrected chi connectivity index (χ0v) is 18.3. The molecule has 154 valence electrons.